The molecule has 0 aliphatic carbocycles. The zero-order chi connectivity index (χ0) is 19.4. The average Bonchev–Trinajstić information content (AvgIpc) is 2.96. The zero-order valence-corrected chi connectivity index (χ0v) is 17.2. The number of esters is 1. The molecule has 0 saturated carbocycles. The largest absolute Gasteiger partial charge is 0.465 e. The average molecular weight is 445 g/mol. The number of thioether (sulfide) groups is 1. The van der Waals surface area contributed by atoms with Crippen molar-refractivity contribution in [2.24, 2.45) is 4.99 Å². The van der Waals surface area contributed by atoms with Crippen molar-refractivity contribution >= 4 is 56.5 Å². The van der Waals surface area contributed by atoms with Crippen LogP contribution in [-0.2, 0) is 9.53 Å². The third-order valence-corrected chi connectivity index (χ3v) is 5.36. The highest BCUT2D eigenvalue weighted by Gasteiger charge is 2.32. The highest BCUT2D eigenvalue weighted by molar-refractivity contribution is 9.10. The van der Waals surface area contributed by atoms with E-state index in [1.807, 2.05) is 37.3 Å². The Hall–Kier alpha value is -2.38. The Morgan fingerprint density at radius 3 is 2.63 bits per heavy atom. The monoisotopic (exact) mass is 444 g/mol. The van der Waals surface area contributed by atoms with Crippen LogP contribution in [0.5, 0.6) is 0 Å². The first kappa shape index (κ1) is 19.4. The van der Waals surface area contributed by atoms with Crippen LogP contribution in [0.4, 0.5) is 5.69 Å². The van der Waals surface area contributed by atoms with E-state index in [1.165, 1.54) is 18.9 Å². The number of amides is 1. The van der Waals surface area contributed by atoms with E-state index in [4.69, 9.17) is 4.74 Å². The molecule has 27 heavy (non-hydrogen) atoms. The lowest BCUT2D eigenvalue weighted by Crippen LogP contribution is -2.28. The number of carbonyl (C=O) groups excluding carboxylic acids is 2. The third kappa shape index (κ3) is 4.48. The van der Waals surface area contributed by atoms with Crippen molar-refractivity contribution in [3.63, 3.8) is 0 Å². The predicted octanol–water partition coefficient (Wildman–Crippen LogP) is 4.86. The summed E-state index contributed by atoms with van der Waals surface area (Å²) in [7, 11) is 1.34. The van der Waals surface area contributed by atoms with Gasteiger partial charge in [-0.25, -0.2) is 9.79 Å². The van der Waals surface area contributed by atoms with Gasteiger partial charge in [0, 0.05) is 11.0 Å². The van der Waals surface area contributed by atoms with Gasteiger partial charge >= 0.3 is 5.97 Å². The van der Waals surface area contributed by atoms with Gasteiger partial charge in [-0.2, -0.15) is 0 Å². The van der Waals surface area contributed by atoms with Crippen LogP contribution in [0.15, 0.2) is 62.9 Å². The van der Waals surface area contributed by atoms with Gasteiger partial charge in [0.1, 0.15) is 0 Å². The first-order chi connectivity index (χ1) is 13.0. The maximum absolute atomic E-state index is 12.7. The summed E-state index contributed by atoms with van der Waals surface area (Å²) in [5.41, 5.74) is 2.07. The number of hydrogen-bond donors (Lipinski definition) is 0. The maximum atomic E-state index is 12.7. The number of ether oxygens (including phenoxy) is 1. The molecule has 0 N–H and O–H groups in total. The van der Waals surface area contributed by atoms with Gasteiger partial charge < -0.3 is 4.74 Å². The number of hydrogen-bond acceptors (Lipinski definition) is 5. The highest BCUT2D eigenvalue weighted by Crippen LogP contribution is 2.34. The van der Waals surface area contributed by atoms with Crippen molar-refractivity contribution in [3.05, 3.63) is 69.0 Å². The molecule has 5 nitrogen and oxygen atoms in total. The van der Waals surface area contributed by atoms with Gasteiger partial charge in [0.05, 0.1) is 23.3 Å². The summed E-state index contributed by atoms with van der Waals surface area (Å²) in [6.45, 7) is 2.44. The summed E-state index contributed by atoms with van der Waals surface area (Å²) in [5.74, 6) is -0.457. The molecule has 1 heterocycles. The van der Waals surface area contributed by atoms with Crippen molar-refractivity contribution in [1.29, 1.82) is 0 Å². The Labute approximate surface area is 170 Å². The Kier molecular flexibility index (Phi) is 6.13. The van der Waals surface area contributed by atoms with E-state index in [2.05, 4.69) is 20.9 Å². The summed E-state index contributed by atoms with van der Waals surface area (Å²) >= 11 is 4.78. The number of nitrogens with zero attached hydrogens (tertiary/aromatic N) is 2. The molecule has 1 fully saturated rings. The third-order valence-electron chi connectivity index (χ3n) is 3.86. The first-order valence-corrected chi connectivity index (χ1v) is 9.87. The fourth-order valence-electron chi connectivity index (χ4n) is 2.52. The maximum Gasteiger partial charge on any atom is 0.337 e. The molecule has 138 valence electrons. The van der Waals surface area contributed by atoms with E-state index in [9.17, 15) is 9.59 Å². The van der Waals surface area contributed by atoms with Crippen molar-refractivity contribution < 1.29 is 14.3 Å². The minimum Gasteiger partial charge on any atom is -0.465 e. The minimum absolute atomic E-state index is 0.0626. The molecular weight excluding hydrogens is 428 g/mol. The number of methoxy groups -OCH3 is 1. The SMILES string of the molecule is CCN1C(=O)/C(=C\c2cccc(Br)c2)SC1=Nc1ccc(C(=O)OC)cc1. The van der Waals surface area contributed by atoms with Gasteiger partial charge in [-0.3, -0.25) is 9.69 Å². The molecule has 1 aliphatic rings. The second-order valence-corrected chi connectivity index (χ2v) is 7.57. The molecule has 3 rings (SSSR count). The molecule has 0 bridgehead atoms. The van der Waals surface area contributed by atoms with Crippen LogP contribution >= 0.6 is 27.7 Å². The van der Waals surface area contributed by atoms with E-state index >= 15 is 0 Å². The molecule has 2 aromatic carbocycles. The van der Waals surface area contributed by atoms with Gasteiger partial charge in [0.15, 0.2) is 5.17 Å². The minimum atomic E-state index is -0.394. The lowest BCUT2D eigenvalue weighted by Gasteiger charge is -2.12. The summed E-state index contributed by atoms with van der Waals surface area (Å²) in [6, 6.07) is 14.5. The number of carbonyl (C=O) groups is 2. The van der Waals surface area contributed by atoms with Crippen LogP contribution in [0, 0.1) is 0 Å². The summed E-state index contributed by atoms with van der Waals surface area (Å²) in [4.78, 5) is 31.1. The fraction of sp³-hybridized carbons (Fsp3) is 0.150. The number of benzene rings is 2. The van der Waals surface area contributed by atoms with Crippen LogP contribution in [0.25, 0.3) is 6.08 Å². The van der Waals surface area contributed by atoms with Crippen LogP contribution in [0.3, 0.4) is 0 Å². The van der Waals surface area contributed by atoms with Gasteiger partial charge in [-0.15, -0.1) is 0 Å². The van der Waals surface area contributed by atoms with Crippen LogP contribution < -0.4 is 0 Å². The molecular formula is C20H17BrN2O3S. The van der Waals surface area contributed by atoms with Crippen molar-refractivity contribution in [2.45, 2.75) is 6.92 Å². The van der Waals surface area contributed by atoms with E-state index in [1.54, 1.807) is 29.2 Å². The number of likely N-dealkylation sites (N-methyl/N-ethyl adjacent to an activating group) is 1. The molecule has 1 amide bonds. The predicted molar refractivity (Wildman–Crippen MR) is 112 cm³/mol. The summed E-state index contributed by atoms with van der Waals surface area (Å²) < 4.78 is 5.65. The van der Waals surface area contributed by atoms with E-state index in [0.29, 0.717) is 27.9 Å². The van der Waals surface area contributed by atoms with E-state index in [-0.39, 0.29) is 5.91 Å². The summed E-state index contributed by atoms with van der Waals surface area (Å²) in [5, 5.41) is 0.620. The quantitative estimate of drug-likeness (QED) is 0.498. The molecule has 0 spiro atoms. The second kappa shape index (κ2) is 8.54. The number of rotatable bonds is 4. The fourth-order valence-corrected chi connectivity index (χ4v) is 4.00. The lowest BCUT2D eigenvalue weighted by atomic mass is 10.2. The van der Waals surface area contributed by atoms with Crippen LogP contribution in [0.2, 0.25) is 0 Å². The molecule has 2 aromatic rings. The molecule has 0 radical (unpaired) electrons. The standard InChI is InChI=1S/C20H17BrN2O3S/c1-3-23-18(24)17(12-13-5-4-6-15(21)11-13)27-20(23)22-16-9-7-14(8-10-16)19(25)26-2/h4-12H,3H2,1-2H3/b17-12+,22-20?. The Bertz CT molecular complexity index is 938. The van der Waals surface area contributed by atoms with Crippen molar-refractivity contribution in [1.82, 2.24) is 4.90 Å². The van der Waals surface area contributed by atoms with E-state index < -0.39 is 5.97 Å². The van der Waals surface area contributed by atoms with Gasteiger partial charge in [0.25, 0.3) is 5.91 Å². The number of amidine groups is 1. The Morgan fingerprint density at radius 2 is 2.00 bits per heavy atom. The number of aliphatic imine (C=N–C) groups is 1. The smallest absolute Gasteiger partial charge is 0.337 e. The molecule has 0 unspecified atom stereocenters. The summed E-state index contributed by atoms with van der Waals surface area (Å²) in [6.07, 6.45) is 1.86. The van der Waals surface area contributed by atoms with Gasteiger partial charge in [-0.05, 0) is 66.7 Å². The normalized spacial score (nSPS) is 17.0. The topological polar surface area (TPSA) is 59.0 Å². The molecule has 0 aromatic heterocycles. The van der Waals surface area contributed by atoms with Crippen molar-refractivity contribution in [2.75, 3.05) is 13.7 Å². The zero-order valence-electron chi connectivity index (χ0n) is 14.8. The molecule has 0 atom stereocenters. The van der Waals surface area contributed by atoms with Gasteiger partial charge in [-0.1, -0.05) is 28.1 Å². The molecule has 1 aliphatic heterocycles. The lowest BCUT2D eigenvalue weighted by molar-refractivity contribution is -0.122. The Morgan fingerprint density at radius 1 is 1.26 bits per heavy atom. The number of halogens is 1. The van der Waals surface area contributed by atoms with Crippen LogP contribution in [0.1, 0.15) is 22.8 Å². The van der Waals surface area contributed by atoms with Gasteiger partial charge in [0.2, 0.25) is 0 Å². The first-order valence-electron chi connectivity index (χ1n) is 8.26. The van der Waals surface area contributed by atoms with E-state index in [0.717, 1.165) is 10.0 Å². The second-order valence-electron chi connectivity index (χ2n) is 5.65. The molecule has 1 saturated heterocycles. The van der Waals surface area contributed by atoms with Crippen LogP contribution in [-0.4, -0.2) is 35.6 Å². The van der Waals surface area contributed by atoms with Crippen molar-refractivity contribution in [3.8, 4) is 0 Å². The molecule has 7 heteroatoms. The Balaban J connectivity index is 1.88. The highest BCUT2D eigenvalue weighted by atomic mass is 79.9.